The Morgan fingerprint density at radius 3 is 2.70 bits per heavy atom. The zero-order valence-corrected chi connectivity index (χ0v) is 12.7. The molecule has 8 heteroatoms. The van der Waals surface area contributed by atoms with E-state index >= 15 is 0 Å². The van der Waals surface area contributed by atoms with Crippen LogP contribution in [0.1, 0.15) is 0 Å². The van der Waals surface area contributed by atoms with Crippen LogP contribution in [0.15, 0.2) is 30.6 Å². The van der Waals surface area contributed by atoms with Gasteiger partial charge in [0, 0.05) is 10.6 Å². The summed E-state index contributed by atoms with van der Waals surface area (Å²) < 4.78 is 39.9. The van der Waals surface area contributed by atoms with Crippen LogP contribution in [0.4, 0.5) is 8.78 Å². The minimum absolute atomic E-state index is 0.0196. The van der Waals surface area contributed by atoms with E-state index in [0.717, 1.165) is 0 Å². The molecule has 1 fully saturated rings. The van der Waals surface area contributed by atoms with E-state index in [1.54, 1.807) is 18.2 Å². The fraction of sp³-hybridized carbons (Fsp3) is 0.333. The average molecular weight is 343 g/mol. The van der Waals surface area contributed by atoms with Gasteiger partial charge in [0.1, 0.15) is 11.9 Å². The van der Waals surface area contributed by atoms with Gasteiger partial charge in [0.2, 0.25) is 5.88 Å². The van der Waals surface area contributed by atoms with Crippen LogP contribution in [0.3, 0.4) is 0 Å². The molecule has 0 unspecified atom stereocenters. The minimum atomic E-state index is -2.56. The third-order valence-electron chi connectivity index (χ3n) is 3.11. The van der Waals surface area contributed by atoms with Crippen molar-refractivity contribution in [3.8, 4) is 22.9 Å². The highest BCUT2D eigenvalue weighted by atomic mass is 35.5. The summed E-state index contributed by atoms with van der Waals surface area (Å²) in [4.78, 5) is 8.15. The molecule has 122 valence electrons. The number of hydrogen-bond acceptors (Lipinski definition) is 5. The number of ether oxygens (including phenoxy) is 3. The molecule has 5 nitrogen and oxygen atoms in total. The smallest absolute Gasteiger partial charge is 0.272 e. The second-order valence-corrected chi connectivity index (χ2v) is 5.30. The molecule has 1 aliphatic heterocycles. The lowest BCUT2D eigenvalue weighted by Gasteiger charge is -2.27. The molecule has 0 saturated carbocycles. The third-order valence-corrected chi connectivity index (χ3v) is 3.34. The summed E-state index contributed by atoms with van der Waals surface area (Å²) >= 11 is 6.01. The largest absolute Gasteiger partial charge is 0.485 e. The van der Waals surface area contributed by atoms with Crippen molar-refractivity contribution in [3.63, 3.8) is 0 Å². The first-order valence-corrected chi connectivity index (χ1v) is 7.27. The lowest BCUT2D eigenvalue weighted by Crippen LogP contribution is -2.38. The zero-order chi connectivity index (χ0) is 16.2. The van der Waals surface area contributed by atoms with Gasteiger partial charge in [-0.05, 0) is 18.2 Å². The van der Waals surface area contributed by atoms with Crippen LogP contribution in [-0.4, -0.2) is 42.3 Å². The first kappa shape index (κ1) is 15.9. The van der Waals surface area contributed by atoms with Crippen LogP contribution < -0.4 is 9.47 Å². The predicted molar refractivity (Wildman–Crippen MR) is 79.2 cm³/mol. The summed E-state index contributed by atoms with van der Waals surface area (Å²) in [5.74, 6) is 0.610. The molecular formula is C15H13ClF2N2O3. The standard InChI is InChI=1S/C15H13ClF2N2O3/c16-9-1-2-11(13(3-9)23-10-6-21-7-10)12-4-20-15(5-19-12)22-8-14(17)18/h1-5,10,14H,6-8H2. The number of rotatable bonds is 6. The molecule has 0 amide bonds. The van der Waals surface area contributed by atoms with Gasteiger partial charge in [0.25, 0.3) is 6.43 Å². The Hall–Kier alpha value is -1.99. The first-order chi connectivity index (χ1) is 11.1. The number of halogens is 3. The lowest BCUT2D eigenvalue weighted by atomic mass is 10.1. The van der Waals surface area contributed by atoms with E-state index in [-0.39, 0.29) is 12.0 Å². The van der Waals surface area contributed by atoms with Gasteiger partial charge in [-0.1, -0.05) is 11.6 Å². The highest BCUT2D eigenvalue weighted by molar-refractivity contribution is 6.30. The Morgan fingerprint density at radius 2 is 2.09 bits per heavy atom. The van der Waals surface area contributed by atoms with Gasteiger partial charge >= 0.3 is 0 Å². The summed E-state index contributed by atoms with van der Waals surface area (Å²) in [7, 11) is 0. The van der Waals surface area contributed by atoms with Crippen LogP contribution >= 0.6 is 11.6 Å². The fourth-order valence-electron chi connectivity index (χ4n) is 1.95. The maximum atomic E-state index is 12.1. The van der Waals surface area contributed by atoms with Gasteiger partial charge in [-0.2, -0.15) is 0 Å². The second kappa shape index (κ2) is 7.06. The number of aromatic nitrogens is 2. The highest BCUT2D eigenvalue weighted by Gasteiger charge is 2.22. The maximum absolute atomic E-state index is 12.1. The van der Waals surface area contributed by atoms with E-state index < -0.39 is 13.0 Å². The van der Waals surface area contributed by atoms with Crippen LogP contribution in [0, 0.1) is 0 Å². The van der Waals surface area contributed by atoms with Gasteiger partial charge in [-0.3, -0.25) is 0 Å². The van der Waals surface area contributed by atoms with Crippen LogP contribution in [0.5, 0.6) is 11.6 Å². The van der Waals surface area contributed by atoms with Gasteiger partial charge < -0.3 is 14.2 Å². The molecule has 1 saturated heterocycles. The summed E-state index contributed by atoms with van der Waals surface area (Å²) in [6.45, 7) is 0.334. The van der Waals surface area contributed by atoms with Gasteiger partial charge in [0.05, 0.1) is 31.3 Å². The number of nitrogens with zero attached hydrogens (tertiary/aromatic N) is 2. The summed E-state index contributed by atoms with van der Waals surface area (Å²) in [6.07, 6.45) is 0.155. The van der Waals surface area contributed by atoms with Crippen LogP contribution in [0.2, 0.25) is 5.02 Å². The van der Waals surface area contributed by atoms with Crippen molar-refractivity contribution >= 4 is 11.6 Å². The zero-order valence-electron chi connectivity index (χ0n) is 11.9. The molecule has 0 radical (unpaired) electrons. The monoisotopic (exact) mass is 342 g/mol. The Kier molecular flexibility index (Phi) is 4.88. The maximum Gasteiger partial charge on any atom is 0.272 e. The van der Waals surface area contributed by atoms with Crippen molar-refractivity contribution in [1.82, 2.24) is 9.97 Å². The molecule has 2 aromatic rings. The van der Waals surface area contributed by atoms with Crippen molar-refractivity contribution < 1.29 is 23.0 Å². The quantitative estimate of drug-likeness (QED) is 0.806. The summed E-state index contributed by atoms with van der Waals surface area (Å²) in [5.41, 5.74) is 1.23. The Morgan fingerprint density at radius 1 is 1.26 bits per heavy atom. The molecular weight excluding hydrogens is 330 g/mol. The molecule has 0 bridgehead atoms. The second-order valence-electron chi connectivity index (χ2n) is 4.86. The Bertz CT molecular complexity index is 666. The molecule has 0 aliphatic carbocycles. The van der Waals surface area contributed by atoms with E-state index in [2.05, 4.69) is 9.97 Å². The molecule has 2 heterocycles. The Balaban J connectivity index is 1.79. The molecule has 0 N–H and O–H groups in total. The normalized spacial score (nSPS) is 14.6. The van der Waals surface area contributed by atoms with Crippen molar-refractivity contribution in [2.24, 2.45) is 0 Å². The minimum Gasteiger partial charge on any atom is -0.485 e. The molecule has 0 spiro atoms. The number of hydrogen-bond donors (Lipinski definition) is 0. The molecule has 0 atom stereocenters. The average Bonchev–Trinajstić information content (AvgIpc) is 2.50. The first-order valence-electron chi connectivity index (χ1n) is 6.89. The van der Waals surface area contributed by atoms with E-state index in [0.29, 0.717) is 35.2 Å². The van der Waals surface area contributed by atoms with Gasteiger partial charge in [0.15, 0.2) is 6.61 Å². The molecule has 1 aliphatic rings. The molecule has 1 aromatic heterocycles. The summed E-state index contributed by atoms with van der Waals surface area (Å²) in [5, 5.41) is 0.536. The molecule has 3 rings (SSSR count). The van der Waals surface area contributed by atoms with Gasteiger partial charge in [-0.15, -0.1) is 0 Å². The van der Waals surface area contributed by atoms with Crippen molar-refractivity contribution in [2.75, 3.05) is 19.8 Å². The lowest BCUT2D eigenvalue weighted by molar-refractivity contribution is -0.0794. The highest BCUT2D eigenvalue weighted by Crippen LogP contribution is 2.33. The predicted octanol–water partition coefficient (Wildman–Crippen LogP) is 3.22. The van der Waals surface area contributed by atoms with E-state index in [1.807, 2.05) is 0 Å². The number of alkyl halides is 2. The van der Waals surface area contributed by atoms with Crippen molar-refractivity contribution in [1.29, 1.82) is 0 Å². The van der Waals surface area contributed by atoms with E-state index in [4.69, 9.17) is 25.8 Å². The fourth-order valence-corrected chi connectivity index (χ4v) is 2.11. The third kappa shape index (κ3) is 4.05. The number of benzene rings is 1. The SMILES string of the molecule is FC(F)COc1cnc(-c2ccc(Cl)cc2OC2COC2)cn1. The van der Waals surface area contributed by atoms with Crippen molar-refractivity contribution in [2.45, 2.75) is 12.5 Å². The van der Waals surface area contributed by atoms with Crippen LogP contribution in [0.25, 0.3) is 11.3 Å². The van der Waals surface area contributed by atoms with E-state index in [9.17, 15) is 8.78 Å². The van der Waals surface area contributed by atoms with E-state index in [1.165, 1.54) is 12.4 Å². The Labute approximate surface area is 136 Å². The summed E-state index contributed by atoms with van der Waals surface area (Å²) in [6, 6.07) is 5.17. The molecule has 23 heavy (non-hydrogen) atoms. The van der Waals surface area contributed by atoms with Crippen LogP contribution in [-0.2, 0) is 4.74 Å². The molecule has 1 aromatic carbocycles. The van der Waals surface area contributed by atoms with Crippen molar-refractivity contribution in [3.05, 3.63) is 35.6 Å². The topological polar surface area (TPSA) is 53.5 Å². The van der Waals surface area contributed by atoms with Gasteiger partial charge in [-0.25, -0.2) is 18.7 Å².